The Morgan fingerprint density at radius 2 is 2.24 bits per heavy atom. The van der Waals surface area contributed by atoms with Gasteiger partial charge in [0.1, 0.15) is 0 Å². The summed E-state index contributed by atoms with van der Waals surface area (Å²) in [7, 11) is 0. The van der Waals surface area contributed by atoms with Gasteiger partial charge in [0.15, 0.2) is 0 Å². The number of rotatable bonds is 5. The first-order valence-electron chi connectivity index (χ1n) is 7.78. The van der Waals surface area contributed by atoms with Crippen LogP contribution in [0.25, 0.3) is 10.9 Å². The predicted octanol–water partition coefficient (Wildman–Crippen LogP) is 3.81. The first kappa shape index (κ1) is 14.4. The maximum atomic E-state index is 6.04. The zero-order valence-corrected chi connectivity index (χ0v) is 13.3. The fraction of sp³-hybridized carbons (Fsp3) is 0.588. The Morgan fingerprint density at radius 3 is 2.95 bits per heavy atom. The summed E-state index contributed by atoms with van der Waals surface area (Å²) in [5.74, 6) is 0.590. The summed E-state index contributed by atoms with van der Waals surface area (Å²) in [5.41, 5.74) is 2.38. The Bertz CT molecular complexity index is 617. The number of benzene rings is 1. The van der Waals surface area contributed by atoms with Crippen molar-refractivity contribution in [3.8, 4) is 0 Å². The standard InChI is InChI=1S/C17H25N3O/c1-11(2)10-21-16-8-15(17(16,3)4)19-13-6-5-7-14-12(13)9-18-20-14/h5-7,9,11,15-16,19H,8,10H2,1-4H3,(H,18,20). The van der Waals surface area contributed by atoms with Crippen molar-refractivity contribution >= 4 is 16.6 Å². The van der Waals surface area contributed by atoms with E-state index >= 15 is 0 Å². The van der Waals surface area contributed by atoms with Crippen LogP contribution in [0.2, 0.25) is 0 Å². The summed E-state index contributed by atoms with van der Waals surface area (Å²) < 4.78 is 6.04. The van der Waals surface area contributed by atoms with Crippen LogP contribution in [0.4, 0.5) is 5.69 Å². The molecule has 2 aromatic rings. The minimum atomic E-state index is 0.154. The van der Waals surface area contributed by atoms with Crippen molar-refractivity contribution in [2.24, 2.45) is 11.3 Å². The molecule has 2 unspecified atom stereocenters. The fourth-order valence-corrected chi connectivity index (χ4v) is 3.00. The van der Waals surface area contributed by atoms with Gasteiger partial charge in [-0.05, 0) is 24.5 Å². The molecule has 0 saturated heterocycles. The van der Waals surface area contributed by atoms with Crippen LogP contribution in [-0.4, -0.2) is 29.0 Å². The van der Waals surface area contributed by atoms with Gasteiger partial charge < -0.3 is 10.1 Å². The van der Waals surface area contributed by atoms with E-state index in [1.165, 1.54) is 0 Å². The summed E-state index contributed by atoms with van der Waals surface area (Å²) >= 11 is 0. The molecule has 1 aromatic carbocycles. The number of hydrogen-bond donors (Lipinski definition) is 2. The van der Waals surface area contributed by atoms with Crippen LogP contribution in [0.15, 0.2) is 24.4 Å². The van der Waals surface area contributed by atoms with Crippen LogP contribution >= 0.6 is 0 Å². The second-order valence-corrected chi connectivity index (χ2v) is 7.11. The van der Waals surface area contributed by atoms with Crippen LogP contribution in [-0.2, 0) is 4.74 Å². The summed E-state index contributed by atoms with van der Waals surface area (Å²) in [4.78, 5) is 0. The molecule has 1 aromatic heterocycles. The van der Waals surface area contributed by atoms with Crippen molar-refractivity contribution in [3.05, 3.63) is 24.4 Å². The second-order valence-electron chi connectivity index (χ2n) is 7.11. The predicted molar refractivity (Wildman–Crippen MR) is 86.5 cm³/mol. The number of nitrogens with zero attached hydrogens (tertiary/aromatic N) is 1. The van der Waals surface area contributed by atoms with Crippen molar-refractivity contribution in [3.63, 3.8) is 0 Å². The minimum Gasteiger partial charge on any atom is -0.381 e. The van der Waals surface area contributed by atoms with E-state index in [0.717, 1.165) is 29.6 Å². The zero-order valence-electron chi connectivity index (χ0n) is 13.3. The molecule has 0 amide bonds. The van der Waals surface area contributed by atoms with Crippen molar-refractivity contribution in [2.75, 3.05) is 11.9 Å². The molecule has 4 nitrogen and oxygen atoms in total. The van der Waals surface area contributed by atoms with E-state index in [1.54, 1.807) is 0 Å². The van der Waals surface area contributed by atoms with Gasteiger partial charge in [0.05, 0.1) is 17.8 Å². The Balaban J connectivity index is 1.68. The first-order chi connectivity index (χ1) is 9.98. The molecule has 0 bridgehead atoms. The molecular formula is C17H25N3O. The lowest BCUT2D eigenvalue weighted by Gasteiger charge is -2.52. The fourth-order valence-electron chi connectivity index (χ4n) is 3.00. The second kappa shape index (κ2) is 5.34. The first-order valence-corrected chi connectivity index (χ1v) is 7.78. The molecule has 1 aliphatic carbocycles. The summed E-state index contributed by atoms with van der Waals surface area (Å²) in [6.07, 6.45) is 3.30. The van der Waals surface area contributed by atoms with Crippen LogP contribution in [0.1, 0.15) is 34.1 Å². The summed E-state index contributed by atoms with van der Waals surface area (Å²) in [6, 6.07) is 6.67. The van der Waals surface area contributed by atoms with Gasteiger partial charge in [-0.2, -0.15) is 5.10 Å². The molecule has 2 N–H and O–H groups in total. The van der Waals surface area contributed by atoms with E-state index in [0.29, 0.717) is 18.1 Å². The van der Waals surface area contributed by atoms with Gasteiger partial charge in [0.25, 0.3) is 0 Å². The molecular weight excluding hydrogens is 262 g/mol. The molecule has 1 saturated carbocycles. The number of anilines is 1. The third-order valence-corrected chi connectivity index (χ3v) is 4.62. The Morgan fingerprint density at radius 1 is 1.43 bits per heavy atom. The molecule has 1 aliphatic rings. The Kier molecular flexibility index (Phi) is 3.66. The molecule has 114 valence electrons. The van der Waals surface area contributed by atoms with E-state index in [1.807, 2.05) is 12.3 Å². The smallest absolute Gasteiger partial charge is 0.0671 e. The van der Waals surface area contributed by atoms with E-state index in [2.05, 4.69) is 55.3 Å². The lowest BCUT2D eigenvalue weighted by molar-refractivity contribution is -0.108. The number of aromatic nitrogens is 2. The monoisotopic (exact) mass is 287 g/mol. The summed E-state index contributed by atoms with van der Waals surface area (Å²) in [5, 5.41) is 12.0. The largest absolute Gasteiger partial charge is 0.381 e. The Labute approximate surface area is 126 Å². The molecule has 1 fully saturated rings. The zero-order chi connectivity index (χ0) is 15.0. The molecule has 3 rings (SSSR count). The number of fused-ring (bicyclic) bond motifs is 1. The van der Waals surface area contributed by atoms with Crippen LogP contribution in [0, 0.1) is 11.3 Å². The molecule has 21 heavy (non-hydrogen) atoms. The highest BCUT2D eigenvalue weighted by Crippen LogP contribution is 2.45. The molecule has 4 heteroatoms. The van der Waals surface area contributed by atoms with Gasteiger partial charge in [-0.25, -0.2) is 0 Å². The number of hydrogen-bond acceptors (Lipinski definition) is 3. The van der Waals surface area contributed by atoms with E-state index in [9.17, 15) is 0 Å². The highest BCUT2D eigenvalue weighted by molar-refractivity contribution is 5.91. The van der Waals surface area contributed by atoms with Gasteiger partial charge in [-0.1, -0.05) is 33.8 Å². The van der Waals surface area contributed by atoms with Gasteiger partial charge in [0.2, 0.25) is 0 Å². The highest BCUT2D eigenvalue weighted by atomic mass is 16.5. The molecule has 0 radical (unpaired) electrons. The maximum absolute atomic E-state index is 6.04. The summed E-state index contributed by atoms with van der Waals surface area (Å²) in [6.45, 7) is 9.81. The van der Waals surface area contributed by atoms with E-state index in [-0.39, 0.29) is 5.41 Å². The van der Waals surface area contributed by atoms with Gasteiger partial charge in [-0.3, -0.25) is 5.10 Å². The molecule has 2 atom stereocenters. The minimum absolute atomic E-state index is 0.154. The van der Waals surface area contributed by atoms with Crippen molar-refractivity contribution in [1.29, 1.82) is 0 Å². The Hall–Kier alpha value is -1.55. The topological polar surface area (TPSA) is 49.9 Å². The van der Waals surface area contributed by atoms with Crippen molar-refractivity contribution in [2.45, 2.75) is 46.3 Å². The number of nitrogens with one attached hydrogen (secondary N) is 2. The number of H-pyrrole nitrogens is 1. The van der Waals surface area contributed by atoms with Gasteiger partial charge >= 0.3 is 0 Å². The third-order valence-electron chi connectivity index (χ3n) is 4.62. The van der Waals surface area contributed by atoms with Gasteiger partial charge in [0, 0.05) is 29.1 Å². The number of ether oxygens (including phenoxy) is 1. The van der Waals surface area contributed by atoms with Crippen molar-refractivity contribution < 1.29 is 4.74 Å². The van der Waals surface area contributed by atoms with E-state index in [4.69, 9.17) is 4.74 Å². The molecule has 1 heterocycles. The molecule has 0 spiro atoms. The average molecular weight is 287 g/mol. The van der Waals surface area contributed by atoms with Crippen LogP contribution < -0.4 is 5.32 Å². The normalized spacial score (nSPS) is 24.2. The average Bonchev–Trinajstić information content (AvgIpc) is 2.90. The van der Waals surface area contributed by atoms with Gasteiger partial charge in [-0.15, -0.1) is 0 Å². The SMILES string of the molecule is CC(C)COC1CC(Nc2cccc3[nH]ncc23)C1(C)C. The lowest BCUT2D eigenvalue weighted by atomic mass is 9.64. The molecule has 0 aliphatic heterocycles. The quantitative estimate of drug-likeness (QED) is 0.879. The van der Waals surface area contributed by atoms with Crippen LogP contribution in [0.5, 0.6) is 0 Å². The van der Waals surface area contributed by atoms with Crippen LogP contribution in [0.3, 0.4) is 0 Å². The lowest BCUT2D eigenvalue weighted by Crippen LogP contribution is -2.58. The maximum Gasteiger partial charge on any atom is 0.0671 e. The highest BCUT2D eigenvalue weighted by Gasteiger charge is 2.49. The third kappa shape index (κ3) is 2.64. The van der Waals surface area contributed by atoms with Crippen molar-refractivity contribution in [1.82, 2.24) is 10.2 Å². The van der Waals surface area contributed by atoms with E-state index < -0.39 is 0 Å². The number of aromatic amines is 1.